The van der Waals surface area contributed by atoms with Crippen LogP contribution in [-0.4, -0.2) is 25.4 Å². The van der Waals surface area contributed by atoms with Gasteiger partial charge >= 0.3 is 0 Å². The summed E-state index contributed by atoms with van der Waals surface area (Å²) in [5.74, 6) is 0.549. The molecular formula is C23H20Cl2N6O. The number of aromatic nitrogens is 4. The molecule has 162 valence electrons. The quantitative estimate of drug-likeness (QED) is 0.411. The number of nitrogens with zero attached hydrogens (tertiary/aromatic N) is 5. The topological polar surface area (TPSA) is 88.5 Å². The average molecular weight is 467 g/mol. The summed E-state index contributed by atoms with van der Waals surface area (Å²) in [5.41, 5.74) is 1.88. The molecule has 0 saturated carbocycles. The van der Waals surface area contributed by atoms with Crippen molar-refractivity contribution in [2.45, 2.75) is 32.4 Å². The first-order valence-electron chi connectivity index (χ1n) is 10.1. The number of benzene rings is 1. The van der Waals surface area contributed by atoms with Crippen LogP contribution in [0.15, 0.2) is 59.8 Å². The fourth-order valence-electron chi connectivity index (χ4n) is 3.49. The summed E-state index contributed by atoms with van der Waals surface area (Å²) in [6.07, 6.45) is 5.85. The van der Waals surface area contributed by atoms with Gasteiger partial charge in [-0.25, -0.2) is 4.98 Å². The Morgan fingerprint density at radius 1 is 1.19 bits per heavy atom. The molecule has 0 radical (unpaired) electrons. The van der Waals surface area contributed by atoms with Gasteiger partial charge < -0.3 is 5.32 Å². The highest BCUT2D eigenvalue weighted by Gasteiger charge is 2.14. The number of anilines is 1. The van der Waals surface area contributed by atoms with Crippen molar-refractivity contribution in [2.75, 3.05) is 5.32 Å². The van der Waals surface area contributed by atoms with Gasteiger partial charge in [0.05, 0.1) is 53.0 Å². The van der Waals surface area contributed by atoms with E-state index >= 15 is 0 Å². The lowest BCUT2D eigenvalue weighted by Crippen LogP contribution is -2.20. The third-order valence-corrected chi connectivity index (χ3v) is 5.93. The molecule has 0 amide bonds. The molecule has 9 heteroatoms. The molecule has 7 nitrogen and oxygen atoms in total. The lowest BCUT2D eigenvalue weighted by molar-refractivity contribution is 0.707. The number of hydrogen-bond donors (Lipinski definition) is 1. The van der Waals surface area contributed by atoms with Gasteiger partial charge in [-0.1, -0.05) is 48.3 Å². The van der Waals surface area contributed by atoms with Gasteiger partial charge in [-0.15, -0.1) is 0 Å². The summed E-state index contributed by atoms with van der Waals surface area (Å²) in [6.45, 7) is 2.44. The fraction of sp³-hybridized carbons (Fsp3) is 0.217. The van der Waals surface area contributed by atoms with Crippen LogP contribution in [-0.2, 0) is 6.54 Å². The van der Waals surface area contributed by atoms with Crippen molar-refractivity contribution < 1.29 is 0 Å². The smallest absolute Gasteiger partial charge is 0.266 e. The number of pyridine rings is 2. The van der Waals surface area contributed by atoms with Crippen molar-refractivity contribution in [3.05, 3.63) is 81.0 Å². The van der Waals surface area contributed by atoms with Crippen molar-refractivity contribution in [3.8, 4) is 11.8 Å². The maximum absolute atomic E-state index is 13.2. The molecule has 32 heavy (non-hydrogen) atoms. The Balaban J connectivity index is 1.71. The van der Waals surface area contributed by atoms with Crippen molar-refractivity contribution in [2.24, 2.45) is 0 Å². The molecule has 0 aliphatic carbocycles. The number of rotatable bonds is 7. The molecular weight excluding hydrogens is 447 g/mol. The number of hydrogen-bond acceptors (Lipinski definition) is 5. The van der Waals surface area contributed by atoms with E-state index in [1.165, 1.54) is 10.8 Å². The maximum Gasteiger partial charge on any atom is 0.266 e. The average Bonchev–Trinajstić information content (AvgIpc) is 3.20. The second kappa shape index (κ2) is 9.43. The Morgan fingerprint density at radius 3 is 2.75 bits per heavy atom. The number of halogens is 2. The van der Waals surface area contributed by atoms with E-state index in [9.17, 15) is 4.79 Å². The summed E-state index contributed by atoms with van der Waals surface area (Å²) in [6, 6.07) is 13.2. The van der Waals surface area contributed by atoms with Crippen LogP contribution in [0.3, 0.4) is 0 Å². The Labute approximate surface area is 194 Å². The number of nitriles is 1. The minimum absolute atomic E-state index is 0.0382. The van der Waals surface area contributed by atoms with Crippen LogP contribution in [0.25, 0.3) is 16.6 Å². The Bertz CT molecular complexity index is 1370. The van der Waals surface area contributed by atoms with Crippen LogP contribution in [0.4, 0.5) is 5.82 Å². The van der Waals surface area contributed by atoms with E-state index in [0.29, 0.717) is 45.4 Å². The van der Waals surface area contributed by atoms with E-state index in [0.717, 1.165) is 12.0 Å². The van der Waals surface area contributed by atoms with Gasteiger partial charge in [-0.2, -0.15) is 10.4 Å². The molecule has 0 spiro atoms. The minimum atomic E-state index is -0.240. The first-order chi connectivity index (χ1) is 15.5. The van der Waals surface area contributed by atoms with Gasteiger partial charge in [-0.05, 0) is 24.1 Å². The normalized spacial score (nSPS) is 11.9. The second-order valence-electron chi connectivity index (χ2n) is 7.32. The van der Waals surface area contributed by atoms with Crippen molar-refractivity contribution in [1.29, 1.82) is 5.26 Å². The van der Waals surface area contributed by atoms with Crippen LogP contribution in [0.2, 0.25) is 10.0 Å². The predicted octanol–water partition coefficient (Wildman–Crippen LogP) is 5.04. The second-order valence-corrected chi connectivity index (χ2v) is 8.13. The third kappa shape index (κ3) is 4.33. The molecule has 1 atom stereocenters. The molecule has 3 heterocycles. The fourth-order valence-corrected chi connectivity index (χ4v) is 3.88. The van der Waals surface area contributed by atoms with E-state index in [4.69, 9.17) is 28.5 Å². The van der Waals surface area contributed by atoms with Gasteiger partial charge in [-0.3, -0.25) is 14.0 Å². The highest BCUT2D eigenvalue weighted by Crippen LogP contribution is 2.24. The molecule has 0 bridgehead atoms. The molecule has 1 aromatic carbocycles. The summed E-state index contributed by atoms with van der Waals surface area (Å²) < 4.78 is 3.22. The molecule has 1 unspecified atom stereocenters. The lowest BCUT2D eigenvalue weighted by Gasteiger charge is -2.16. The van der Waals surface area contributed by atoms with Crippen molar-refractivity contribution >= 4 is 39.9 Å². The van der Waals surface area contributed by atoms with Crippen LogP contribution in [0.5, 0.6) is 0 Å². The van der Waals surface area contributed by atoms with Crippen LogP contribution in [0, 0.1) is 11.3 Å². The summed E-state index contributed by atoms with van der Waals surface area (Å²) in [7, 11) is 0. The number of fused-ring (bicyclic) bond motifs is 1. The largest absolute Gasteiger partial charge is 0.366 e. The van der Waals surface area contributed by atoms with E-state index in [1.807, 2.05) is 37.3 Å². The van der Waals surface area contributed by atoms with E-state index in [1.54, 1.807) is 23.1 Å². The third-order valence-electron chi connectivity index (χ3n) is 5.27. The summed E-state index contributed by atoms with van der Waals surface area (Å²) >= 11 is 12.7. The van der Waals surface area contributed by atoms with Crippen molar-refractivity contribution in [3.63, 3.8) is 0 Å². The molecule has 4 rings (SSSR count). The standard InChI is InChI=1S/C23H20Cl2N6O/c1-2-16(7-9-26)29-22-11-21(19(25)13-27-22)30-10-8-20-17(23(30)32)12-28-31(20)14-15-5-3-4-6-18(15)24/h3-6,8,10-13,16H,2,7,14H2,1H3,(H,27,29). The molecule has 0 aliphatic heterocycles. The SMILES string of the molecule is CCC(CC#N)Nc1cc(-n2ccc3c(cnn3Cc3ccccc3Cl)c2=O)c(Cl)cn1. The first-order valence-corrected chi connectivity index (χ1v) is 10.9. The number of nitrogens with one attached hydrogen (secondary N) is 1. The van der Waals surface area contributed by atoms with Crippen LogP contribution >= 0.6 is 23.2 Å². The van der Waals surface area contributed by atoms with Crippen LogP contribution in [0.1, 0.15) is 25.3 Å². The lowest BCUT2D eigenvalue weighted by atomic mass is 10.1. The Hall–Kier alpha value is -3.34. The highest BCUT2D eigenvalue weighted by atomic mass is 35.5. The van der Waals surface area contributed by atoms with Gasteiger partial charge in [0.15, 0.2) is 0 Å². The monoisotopic (exact) mass is 466 g/mol. The molecule has 0 saturated heterocycles. The van der Waals surface area contributed by atoms with E-state index in [-0.39, 0.29) is 11.6 Å². The minimum Gasteiger partial charge on any atom is -0.366 e. The molecule has 3 aromatic heterocycles. The van der Waals surface area contributed by atoms with E-state index < -0.39 is 0 Å². The molecule has 1 N–H and O–H groups in total. The van der Waals surface area contributed by atoms with Gasteiger partial charge in [0.25, 0.3) is 5.56 Å². The zero-order chi connectivity index (χ0) is 22.7. The highest BCUT2D eigenvalue weighted by molar-refractivity contribution is 6.32. The Kier molecular flexibility index (Phi) is 6.45. The predicted molar refractivity (Wildman–Crippen MR) is 127 cm³/mol. The van der Waals surface area contributed by atoms with Crippen LogP contribution < -0.4 is 10.9 Å². The van der Waals surface area contributed by atoms with Gasteiger partial charge in [0.2, 0.25) is 0 Å². The van der Waals surface area contributed by atoms with Gasteiger partial charge in [0.1, 0.15) is 5.82 Å². The molecule has 0 aliphatic rings. The maximum atomic E-state index is 13.2. The molecule has 0 fully saturated rings. The van der Waals surface area contributed by atoms with Gasteiger partial charge in [0, 0.05) is 23.3 Å². The zero-order valence-corrected chi connectivity index (χ0v) is 18.8. The van der Waals surface area contributed by atoms with E-state index in [2.05, 4.69) is 21.5 Å². The summed E-state index contributed by atoms with van der Waals surface area (Å²) in [4.78, 5) is 17.5. The first kappa shape index (κ1) is 21.9. The summed E-state index contributed by atoms with van der Waals surface area (Å²) in [5, 5.41) is 18.1. The zero-order valence-electron chi connectivity index (χ0n) is 17.3. The van der Waals surface area contributed by atoms with Crippen molar-refractivity contribution in [1.82, 2.24) is 19.3 Å². The Morgan fingerprint density at radius 2 is 2.00 bits per heavy atom. The molecule has 4 aromatic rings.